The highest BCUT2D eigenvalue weighted by Gasteiger charge is 2.50. The molecule has 0 atom stereocenters. The number of anilines is 6. The molecule has 0 bridgehead atoms. The van der Waals surface area contributed by atoms with E-state index in [-0.39, 0.29) is 39.2 Å². The molecule has 2 aliphatic heterocycles. The molecule has 0 saturated heterocycles. The molecule has 0 fully saturated rings. The lowest BCUT2D eigenvalue weighted by atomic mass is 9.35. The van der Waals surface area contributed by atoms with Gasteiger partial charge >= 0.3 is 0 Å². The molecule has 0 N–H and O–H groups in total. The van der Waals surface area contributed by atoms with E-state index in [1.807, 2.05) is 0 Å². The number of hydrogen-bond donors (Lipinski definition) is 0. The molecule has 10 rings (SSSR count). The predicted molar refractivity (Wildman–Crippen MR) is 290 cm³/mol. The summed E-state index contributed by atoms with van der Waals surface area (Å²) in [6, 6.07) is 42.9. The molecule has 0 saturated carbocycles. The van der Waals surface area contributed by atoms with Gasteiger partial charge in [0, 0.05) is 33.7 Å². The molecule has 3 aliphatic rings. The van der Waals surface area contributed by atoms with Gasteiger partial charge in [-0.2, -0.15) is 0 Å². The highest BCUT2D eigenvalue weighted by Crippen LogP contribution is 2.55. The Hall–Kier alpha value is -5.48. The fourth-order valence-electron chi connectivity index (χ4n) is 11.5. The maximum atomic E-state index is 7.49. The summed E-state index contributed by atoms with van der Waals surface area (Å²) in [4.78, 5) is 5.26. The molecular weight excluding hydrogens is 812 g/mol. The van der Waals surface area contributed by atoms with Gasteiger partial charge in [0.05, 0.1) is 17.0 Å². The molecular formula is C63H73BN2O. The van der Waals surface area contributed by atoms with Crippen LogP contribution in [0.1, 0.15) is 163 Å². The molecule has 0 amide bonds. The van der Waals surface area contributed by atoms with Crippen LogP contribution in [0.5, 0.6) is 0 Å². The Kier molecular flexibility index (Phi) is 9.98. The van der Waals surface area contributed by atoms with Gasteiger partial charge in [-0.3, -0.25) is 0 Å². The summed E-state index contributed by atoms with van der Waals surface area (Å²) in [5.41, 5.74) is 23.7. The van der Waals surface area contributed by atoms with Crippen molar-refractivity contribution < 1.29 is 4.42 Å². The first-order valence-corrected chi connectivity index (χ1v) is 25.0. The highest BCUT2D eigenvalue weighted by molar-refractivity contribution is 7.00. The maximum Gasteiger partial charge on any atom is 0.297 e. The second kappa shape index (κ2) is 14.8. The summed E-state index contributed by atoms with van der Waals surface area (Å²) in [5.74, 6) is 0. The van der Waals surface area contributed by atoms with E-state index in [9.17, 15) is 0 Å². The lowest BCUT2D eigenvalue weighted by Gasteiger charge is -2.49. The van der Waals surface area contributed by atoms with Gasteiger partial charge in [-0.05, 0) is 156 Å². The van der Waals surface area contributed by atoms with Crippen LogP contribution >= 0.6 is 0 Å². The van der Waals surface area contributed by atoms with E-state index >= 15 is 0 Å². The Balaban J connectivity index is 1.35. The molecule has 1 aliphatic carbocycles. The van der Waals surface area contributed by atoms with E-state index in [0.29, 0.717) is 0 Å². The first kappa shape index (κ1) is 45.3. The van der Waals surface area contributed by atoms with Crippen LogP contribution in [0, 0.1) is 6.92 Å². The topological polar surface area (TPSA) is 19.6 Å². The molecule has 3 nitrogen and oxygen atoms in total. The number of benzene rings is 6. The number of furan rings is 1. The number of fused-ring (bicyclic) bond motifs is 8. The quantitative estimate of drug-likeness (QED) is 0.165. The van der Waals surface area contributed by atoms with E-state index in [1.165, 1.54) is 83.7 Å². The van der Waals surface area contributed by atoms with Gasteiger partial charge in [0.15, 0.2) is 0 Å². The van der Waals surface area contributed by atoms with Crippen LogP contribution in [-0.4, -0.2) is 6.71 Å². The lowest BCUT2D eigenvalue weighted by Crippen LogP contribution is -2.61. The van der Waals surface area contributed by atoms with E-state index in [2.05, 4.69) is 237 Å². The second-order valence-electron chi connectivity index (χ2n) is 25.9. The number of nitrogens with zero attached hydrogens (tertiary/aromatic N) is 2. The van der Waals surface area contributed by atoms with Gasteiger partial charge < -0.3 is 14.2 Å². The van der Waals surface area contributed by atoms with Crippen molar-refractivity contribution in [2.24, 2.45) is 0 Å². The Bertz CT molecular complexity index is 3110. The van der Waals surface area contributed by atoms with Gasteiger partial charge in [0.1, 0.15) is 5.58 Å². The number of hydrogen-bond acceptors (Lipinski definition) is 3. The molecule has 7 aromatic rings. The Labute approximate surface area is 403 Å². The van der Waals surface area contributed by atoms with Crippen molar-refractivity contribution in [2.75, 3.05) is 9.80 Å². The molecule has 6 aromatic carbocycles. The zero-order valence-electron chi connectivity index (χ0n) is 43.7. The first-order valence-electron chi connectivity index (χ1n) is 25.0. The summed E-state index contributed by atoms with van der Waals surface area (Å²) in [6.07, 6.45) is 2.28. The van der Waals surface area contributed by atoms with Crippen LogP contribution in [0.25, 0.3) is 22.1 Å². The Morgan fingerprint density at radius 3 is 1.63 bits per heavy atom. The maximum absolute atomic E-state index is 7.49. The minimum Gasteiger partial charge on any atom is -0.468 e. The predicted octanol–water partition coefficient (Wildman–Crippen LogP) is 16.0. The van der Waals surface area contributed by atoms with Crippen molar-refractivity contribution in [3.63, 3.8) is 0 Å². The lowest BCUT2D eigenvalue weighted by molar-refractivity contribution is 0.333. The smallest absolute Gasteiger partial charge is 0.297 e. The molecule has 344 valence electrons. The first-order chi connectivity index (χ1) is 31.1. The standard InChI is InChI=1S/C63H73BN2O/c1-38-34-50-54-51(35-38)66(49-30-24-42(60(8,9)10)36-45(49)39-18-20-40(21-19-39)58(2,3)4)55-46-37-43(61(11,12)13)25-31-52(46)67-57(55)64(54)48-29-28-47-53(63(16,17)33-32-62(47,14)15)56(48)65(50)44-26-22-41(23-27-44)59(5,6)7/h18-31,34-37H,32-33H2,1-17H3. The molecule has 67 heavy (non-hydrogen) atoms. The Morgan fingerprint density at radius 2 is 1.03 bits per heavy atom. The average Bonchev–Trinajstić information content (AvgIpc) is 3.62. The molecule has 0 radical (unpaired) electrons. The van der Waals surface area contributed by atoms with E-state index in [1.54, 1.807) is 0 Å². The fourth-order valence-corrected chi connectivity index (χ4v) is 11.5. The third-order valence-corrected chi connectivity index (χ3v) is 15.8. The third-order valence-electron chi connectivity index (χ3n) is 15.8. The van der Waals surface area contributed by atoms with Crippen molar-refractivity contribution in [3.05, 3.63) is 148 Å². The molecule has 0 unspecified atom stereocenters. The minimum absolute atomic E-state index is 0.0372. The number of aryl methyl sites for hydroxylation is 1. The zero-order valence-corrected chi connectivity index (χ0v) is 43.7. The van der Waals surface area contributed by atoms with Crippen LogP contribution < -0.4 is 26.4 Å². The Morgan fingerprint density at radius 1 is 0.507 bits per heavy atom. The zero-order chi connectivity index (χ0) is 48.1. The highest BCUT2D eigenvalue weighted by atomic mass is 16.3. The van der Waals surface area contributed by atoms with Crippen molar-refractivity contribution in [1.82, 2.24) is 0 Å². The van der Waals surface area contributed by atoms with Gasteiger partial charge in [-0.15, -0.1) is 0 Å². The molecule has 3 heterocycles. The van der Waals surface area contributed by atoms with Gasteiger partial charge in [-0.25, -0.2) is 0 Å². The minimum atomic E-state index is -0.128. The summed E-state index contributed by atoms with van der Waals surface area (Å²) >= 11 is 0. The molecule has 4 heteroatoms. The van der Waals surface area contributed by atoms with Gasteiger partial charge in [-0.1, -0.05) is 171 Å². The second-order valence-corrected chi connectivity index (χ2v) is 25.9. The summed E-state index contributed by atoms with van der Waals surface area (Å²) in [5, 5.41) is 1.16. The van der Waals surface area contributed by atoms with E-state index in [0.717, 1.165) is 40.8 Å². The molecule has 1 aromatic heterocycles. The average molecular weight is 885 g/mol. The third kappa shape index (κ3) is 7.30. The summed E-state index contributed by atoms with van der Waals surface area (Å²) in [7, 11) is 0. The largest absolute Gasteiger partial charge is 0.468 e. The normalized spacial score (nSPS) is 16.5. The molecule has 0 spiro atoms. The van der Waals surface area contributed by atoms with E-state index < -0.39 is 0 Å². The van der Waals surface area contributed by atoms with Gasteiger partial charge in [0.2, 0.25) is 0 Å². The van der Waals surface area contributed by atoms with Crippen molar-refractivity contribution in [2.45, 2.75) is 163 Å². The van der Waals surface area contributed by atoms with Crippen LogP contribution in [0.2, 0.25) is 0 Å². The van der Waals surface area contributed by atoms with Crippen molar-refractivity contribution >= 4 is 68.4 Å². The van der Waals surface area contributed by atoms with Crippen LogP contribution in [0.3, 0.4) is 0 Å². The monoisotopic (exact) mass is 885 g/mol. The van der Waals surface area contributed by atoms with E-state index in [4.69, 9.17) is 4.42 Å². The van der Waals surface area contributed by atoms with Crippen LogP contribution in [0.15, 0.2) is 114 Å². The van der Waals surface area contributed by atoms with Crippen molar-refractivity contribution in [3.8, 4) is 11.1 Å². The summed E-state index contributed by atoms with van der Waals surface area (Å²) < 4.78 is 7.49. The fraction of sp³-hybridized carbons (Fsp3) is 0.397. The summed E-state index contributed by atoms with van der Waals surface area (Å²) in [6.45, 7) is 39.8. The van der Waals surface area contributed by atoms with Crippen LogP contribution in [0.4, 0.5) is 34.1 Å². The number of rotatable bonds is 3. The van der Waals surface area contributed by atoms with Crippen molar-refractivity contribution in [1.29, 1.82) is 0 Å². The SMILES string of the molecule is Cc1cc2c3c(c1)N(c1ccc(C(C)(C)C)cc1-c1ccc(C(C)(C)C)cc1)c1c(oc4ccc(C(C)(C)C)cc14)B3c1ccc3c(c1N2c1ccc(C(C)(C)C)cc1)C(C)(C)CCC3(C)C. The van der Waals surface area contributed by atoms with Gasteiger partial charge in [0.25, 0.3) is 6.71 Å². The van der Waals surface area contributed by atoms with Crippen LogP contribution in [-0.2, 0) is 32.5 Å².